The molecule has 82 valence electrons. The van der Waals surface area contributed by atoms with Gasteiger partial charge in [-0.3, -0.25) is 9.59 Å². The number of carbonyl (C=O) groups is 2. The van der Waals surface area contributed by atoms with Crippen LogP contribution in [0, 0.1) is 11.8 Å². The summed E-state index contributed by atoms with van der Waals surface area (Å²) in [7, 11) is 0. The van der Waals surface area contributed by atoms with E-state index >= 15 is 0 Å². The van der Waals surface area contributed by atoms with Gasteiger partial charge in [-0.1, -0.05) is 27.7 Å². The Morgan fingerprint density at radius 3 is 2.00 bits per heavy atom. The number of hydrogen-bond acceptors (Lipinski definition) is 2. The summed E-state index contributed by atoms with van der Waals surface area (Å²) in [6, 6.07) is -0.554. The van der Waals surface area contributed by atoms with E-state index in [0.29, 0.717) is 6.42 Å². The van der Waals surface area contributed by atoms with Crippen LogP contribution in [0.15, 0.2) is 0 Å². The van der Waals surface area contributed by atoms with Gasteiger partial charge in [0.1, 0.15) is 6.04 Å². The summed E-state index contributed by atoms with van der Waals surface area (Å²) in [4.78, 5) is 22.3. The summed E-state index contributed by atoms with van der Waals surface area (Å²) in [6.07, 6.45) is 0.427. The van der Waals surface area contributed by atoms with Gasteiger partial charge in [0.15, 0.2) is 0 Å². The van der Waals surface area contributed by atoms with Crippen LogP contribution in [0.25, 0.3) is 0 Å². The molecule has 0 aromatic rings. The molecule has 0 fully saturated rings. The van der Waals surface area contributed by atoms with Gasteiger partial charge in [-0.25, -0.2) is 0 Å². The Morgan fingerprint density at radius 1 is 1.21 bits per heavy atom. The number of nitrogens with two attached hydrogens (primary N) is 1. The van der Waals surface area contributed by atoms with Gasteiger partial charge in [-0.2, -0.15) is 0 Å². The molecule has 0 aromatic heterocycles. The highest BCUT2D eigenvalue weighted by molar-refractivity contribution is 5.86. The topological polar surface area (TPSA) is 72.2 Å². The standard InChI is InChI=1S/C10H20N2O2/c1-6(2)5-8(13)12-9(7(3)4)10(11)14/h6-7,9H,5H2,1-4H3,(H2,11,14)(H,12,13)/t9-/m0/s1. The van der Waals surface area contributed by atoms with Gasteiger partial charge in [-0.05, 0) is 11.8 Å². The molecule has 0 bridgehead atoms. The van der Waals surface area contributed by atoms with Crippen molar-refractivity contribution in [1.82, 2.24) is 5.32 Å². The summed E-state index contributed by atoms with van der Waals surface area (Å²) in [5, 5.41) is 2.63. The number of hydrogen-bond donors (Lipinski definition) is 2. The molecule has 3 N–H and O–H groups in total. The second-order valence-electron chi connectivity index (χ2n) is 4.29. The minimum absolute atomic E-state index is 0.0311. The van der Waals surface area contributed by atoms with Gasteiger partial charge < -0.3 is 11.1 Å². The van der Waals surface area contributed by atoms with E-state index in [-0.39, 0.29) is 17.7 Å². The maximum absolute atomic E-state index is 11.4. The molecule has 1 atom stereocenters. The molecule has 0 rings (SSSR count). The van der Waals surface area contributed by atoms with Gasteiger partial charge in [-0.15, -0.1) is 0 Å². The Bertz CT molecular complexity index is 212. The number of rotatable bonds is 5. The van der Waals surface area contributed by atoms with Crippen LogP contribution in [0.4, 0.5) is 0 Å². The predicted molar refractivity (Wildman–Crippen MR) is 55.4 cm³/mol. The highest BCUT2D eigenvalue weighted by atomic mass is 16.2. The van der Waals surface area contributed by atoms with Crippen molar-refractivity contribution in [3.05, 3.63) is 0 Å². The van der Waals surface area contributed by atoms with Gasteiger partial charge >= 0.3 is 0 Å². The first-order valence-corrected chi connectivity index (χ1v) is 4.93. The zero-order chi connectivity index (χ0) is 11.3. The Kier molecular flexibility index (Phi) is 5.20. The van der Waals surface area contributed by atoms with Crippen molar-refractivity contribution >= 4 is 11.8 Å². The second-order valence-corrected chi connectivity index (χ2v) is 4.29. The predicted octanol–water partition coefficient (Wildman–Crippen LogP) is 0.659. The van der Waals surface area contributed by atoms with Gasteiger partial charge in [0.2, 0.25) is 11.8 Å². The lowest BCUT2D eigenvalue weighted by Crippen LogP contribution is -2.47. The van der Waals surface area contributed by atoms with E-state index < -0.39 is 11.9 Å². The number of nitrogens with one attached hydrogen (secondary N) is 1. The first-order valence-electron chi connectivity index (χ1n) is 4.93. The zero-order valence-corrected chi connectivity index (χ0v) is 9.33. The van der Waals surface area contributed by atoms with Crippen LogP contribution in [0.3, 0.4) is 0 Å². The van der Waals surface area contributed by atoms with Crippen LogP contribution < -0.4 is 11.1 Å². The maximum atomic E-state index is 11.4. The van der Waals surface area contributed by atoms with Crippen LogP contribution in [0.2, 0.25) is 0 Å². The van der Waals surface area contributed by atoms with Crippen LogP contribution in [0.1, 0.15) is 34.1 Å². The van der Waals surface area contributed by atoms with E-state index in [0.717, 1.165) is 0 Å². The molecule has 0 heterocycles. The summed E-state index contributed by atoms with van der Waals surface area (Å²) in [5.41, 5.74) is 5.16. The number of amides is 2. The SMILES string of the molecule is CC(C)CC(=O)N[C@H](C(N)=O)C(C)C. The van der Waals surface area contributed by atoms with Crippen molar-refractivity contribution in [2.24, 2.45) is 17.6 Å². The summed E-state index contributed by atoms with van der Waals surface area (Å²) in [6.45, 7) is 7.61. The third-order valence-corrected chi connectivity index (χ3v) is 1.88. The molecule has 0 saturated carbocycles. The van der Waals surface area contributed by atoms with Gasteiger partial charge in [0.05, 0.1) is 0 Å². The van der Waals surface area contributed by atoms with E-state index in [9.17, 15) is 9.59 Å². The molecule has 0 aromatic carbocycles. The molecule has 2 amide bonds. The third kappa shape index (κ3) is 4.84. The average Bonchev–Trinajstić information content (AvgIpc) is 1.97. The molecule has 4 heteroatoms. The zero-order valence-electron chi connectivity index (χ0n) is 9.33. The minimum atomic E-state index is -0.554. The number of carbonyl (C=O) groups excluding carboxylic acids is 2. The highest BCUT2D eigenvalue weighted by Gasteiger charge is 2.21. The molecule has 0 radical (unpaired) electrons. The molecule has 0 aliphatic rings. The van der Waals surface area contributed by atoms with Crippen molar-refractivity contribution in [3.63, 3.8) is 0 Å². The molecule has 0 aliphatic carbocycles. The van der Waals surface area contributed by atoms with E-state index in [2.05, 4.69) is 5.32 Å². The molecular weight excluding hydrogens is 180 g/mol. The number of primary amides is 1. The maximum Gasteiger partial charge on any atom is 0.240 e. The molecule has 0 aliphatic heterocycles. The van der Waals surface area contributed by atoms with Crippen molar-refractivity contribution in [2.45, 2.75) is 40.2 Å². The van der Waals surface area contributed by atoms with E-state index in [4.69, 9.17) is 5.73 Å². The molecule has 0 unspecified atom stereocenters. The van der Waals surface area contributed by atoms with E-state index in [1.807, 2.05) is 27.7 Å². The monoisotopic (exact) mass is 200 g/mol. The second kappa shape index (κ2) is 5.62. The molecule has 0 spiro atoms. The van der Waals surface area contributed by atoms with E-state index in [1.165, 1.54) is 0 Å². The molecule has 14 heavy (non-hydrogen) atoms. The molecule has 4 nitrogen and oxygen atoms in total. The van der Waals surface area contributed by atoms with Crippen LogP contribution in [-0.4, -0.2) is 17.9 Å². The van der Waals surface area contributed by atoms with Crippen LogP contribution >= 0.6 is 0 Å². The molecular formula is C10H20N2O2. The fourth-order valence-electron chi connectivity index (χ4n) is 1.17. The van der Waals surface area contributed by atoms with Crippen molar-refractivity contribution in [1.29, 1.82) is 0 Å². The first kappa shape index (κ1) is 12.9. The quantitative estimate of drug-likeness (QED) is 0.684. The van der Waals surface area contributed by atoms with Crippen molar-refractivity contribution in [3.8, 4) is 0 Å². The van der Waals surface area contributed by atoms with Gasteiger partial charge in [0, 0.05) is 6.42 Å². The van der Waals surface area contributed by atoms with Crippen molar-refractivity contribution in [2.75, 3.05) is 0 Å². The fourth-order valence-corrected chi connectivity index (χ4v) is 1.17. The smallest absolute Gasteiger partial charge is 0.240 e. The van der Waals surface area contributed by atoms with Gasteiger partial charge in [0.25, 0.3) is 0 Å². The Balaban J connectivity index is 4.17. The summed E-state index contributed by atoms with van der Waals surface area (Å²) >= 11 is 0. The van der Waals surface area contributed by atoms with Crippen LogP contribution in [-0.2, 0) is 9.59 Å². The third-order valence-electron chi connectivity index (χ3n) is 1.88. The average molecular weight is 200 g/mol. The first-order chi connectivity index (χ1) is 6.34. The lowest BCUT2D eigenvalue weighted by atomic mass is 10.0. The fraction of sp³-hybridized carbons (Fsp3) is 0.800. The lowest BCUT2D eigenvalue weighted by Gasteiger charge is -2.19. The minimum Gasteiger partial charge on any atom is -0.368 e. The molecule has 0 saturated heterocycles. The Morgan fingerprint density at radius 2 is 1.71 bits per heavy atom. The summed E-state index contributed by atoms with van der Waals surface area (Å²) < 4.78 is 0. The Hall–Kier alpha value is -1.06. The normalized spacial score (nSPS) is 13.0. The summed E-state index contributed by atoms with van der Waals surface area (Å²) in [5.74, 6) is -0.270. The lowest BCUT2D eigenvalue weighted by molar-refractivity contribution is -0.128. The van der Waals surface area contributed by atoms with Crippen LogP contribution in [0.5, 0.6) is 0 Å². The highest BCUT2D eigenvalue weighted by Crippen LogP contribution is 2.03. The van der Waals surface area contributed by atoms with E-state index in [1.54, 1.807) is 0 Å². The largest absolute Gasteiger partial charge is 0.368 e. The Labute approximate surface area is 85.2 Å². The van der Waals surface area contributed by atoms with Crippen molar-refractivity contribution < 1.29 is 9.59 Å².